The van der Waals surface area contributed by atoms with E-state index in [4.69, 9.17) is 5.73 Å². The molecule has 1 nitrogen and oxygen atoms in total. The van der Waals surface area contributed by atoms with Gasteiger partial charge in [-0.15, -0.1) is 0 Å². The van der Waals surface area contributed by atoms with E-state index in [1.807, 2.05) is 0 Å². The fourth-order valence-electron chi connectivity index (χ4n) is 2.13. The summed E-state index contributed by atoms with van der Waals surface area (Å²) in [6, 6.07) is 6.92. The number of hydrogen-bond acceptors (Lipinski definition) is 1. The van der Waals surface area contributed by atoms with Crippen LogP contribution >= 0.6 is 38.5 Å². The molecule has 2 unspecified atom stereocenters. The molecule has 1 aromatic rings. The Balaban J connectivity index is 2.27. The highest BCUT2D eigenvalue weighted by atomic mass is 127. The van der Waals surface area contributed by atoms with Gasteiger partial charge >= 0.3 is 0 Å². The smallest absolute Gasteiger partial charge is 0.0178 e. The van der Waals surface area contributed by atoms with Crippen molar-refractivity contribution >= 4 is 38.5 Å². The Morgan fingerprint density at radius 3 is 2.79 bits per heavy atom. The van der Waals surface area contributed by atoms with E-state index in [0.717, 1.165) is 6.42 Å². The molecular weight excluding hydrogens is 353 g/mol. The molecule has 0 spiro atoms. The van der Waals surface area contributed by atoms with Crippen molar-refractivity contribution in [2.45, 2.75) is 31.2 Å². The third kappa shape index (κ3) is 2.31. The SMILES string of the molecule is NC1CCC(c2cc(Br)ccc2I)C1. The summed E-state index contributed by atoms with van der Waals surface area (Å²) in [4.78, 5) is 0. The predicted molar refractivity (Wildman–Crippen MR) is 71.4 cm³/mol. The molecule has 0 amide bonds. The average Bonchev–Trinajstić information content (AvgIpc) is 2.56. The number of halogens is 2. The van der Waals surface area contributed by atoms with Gasteiger partial charge in [-0.2, -0.15) is 0 Å². The molecule has 2 N–H and O–H groups in total. The molecule has 0 saturated heterocycles. The average molecular weight is 366 g/mol. The maximum absolute atomic E-state index is 5.94. The molecule has 1 aliphatic rings. The van der Waals surface area contributed by atoms with Crippen molar-refractivity contribution in [2.24, 2.45) is 5.73 Å². The van der Waals surface area contributed by atoms with Crippen molar-refractivity contribution in [3.8, 4) is 0 Å². The van der Waals surface area contributed by atoms with Crippen LogP contribution in [-0.2, 0) is 0 Å². The number of hydrogen-bond donors (Lipinski definition) is 1. The highest BCUT2D eigenvalue weighted by Gasteiger charge is 2.24. The molecule has 0 radical (unpaired) electrons. The first-order valence-electron chi connectivity index (χ1n) is 4.87. The summed E-state index contributed by atoms with van der Waals surface area (Å²) < 4.78 is 2.54. The fraction of sp³-hybridized carbons (Fsp3) is 0.455. The summed E-state index contributed by atoms with van der Waals surface area (Å²) in [6.07, 6.45) is 3.56. The monoisotopic (exact) mass is 365 g/mol. The van der Waals surface area contributed by atoms with E-state index >= 15 is 0 Å². The summed E-state index contributed by atoms with van der Waals surface area (Å²) in [7, 11) is 0. The molecule has 0 aliphatic heterocycles. The van der Waals surface area contributed by atoms with Crippen LogP contribution in [0.2, 0.25) is 0 Å². The summed E-state index contributed by atoms with van der Waals surface area (Å²) in [5.74, 6) is 0.675. The summed E-state index contributed by atoms with van der Waals surface area (Å²) in [5, 5.41) is 0. The molecular formula is C11H13BrIN. The van der Waals surface area contributed by atoms with Crippen molar-refractivity contribution < 1.29 is 0 Å². The molecule has 0 aromatic heterocycles. The molecule has 1 fully saturated rings. The Hall–Kier alpha value is 0.390. The van der Waals surface area contributed by atoms with Gasteiger partial charge in [0.05, 0.1) is 0 Å². The van der Waals surface area contributed by atoms with Crippen molar-refractivity contribution in [1.82, 2.24) is 0 Å². The zero-order chi connectivity index (χ0) is 10.1. The van der Waals surface area contributed by atoms with Crippen LogP contribution in [0.15, 0.2) is 22.7 Å². The van der Waals surface area contributed by atoms with E-state index < -0.39 is 0 Å². The lowest BCUT2D eigenvalue weighted by Gasteiger charge is -2.12. The molecule has 1 aliphatic carbocycles. The van der Waals surface area contributed by atoms with Gasteiger partial charge in [0.1, 0.15) is 0 Å². The van der Waals surface area contributed by atoms with Gasteiger partial charge in [0.2, 0.25) is 0 Å². The van der Waals surface area contributed by atoms with Gasteiger partial charge in [0.15, 0.2) is 0 Å². The lowest BCUT2D eigenvalue weighted by molar-refractivity contribution is 0.673. The molecule has 76 valence electrons. The van der Waals surface area contributed by atoms with Crippen LogP contribution in [0.3, 0.4) is 0 Å². The Bertz CT molecular complexity index is 340. The van der Waals surface area contributed by atoms with E-state index in [1.165, 1.54) is 26.4 Å². The van der Waals surface area contributed by atoms with Crippen molar-refractivity contribution in [3.05, 3.63) is 31.8 Å². The Kier molecular flexibility index (Phi) is 3.50. The Morgan fingerprint density at radius 1 is 1.36 bits per heavy atom. The highest BCUT2D eigenvalue weighted by Crippen LogP contribution is 2.36. The van der Waals surface area contributed by atoms with E-state index in [9.17, 15) is 0 Å². The third-order valence-corrected chi connectivity index (χ3v) is 4.35. The maximum Gasteiger partial charge on any atom is 0.0178 e. The van der Waals surface area contributed by atoms with Crippen LogP contribution in [0, 0.1) is 3.57 Å². The Labute approximate surface area is 107 Å². The summed E-state index contributed by atoms with van der Waals surface area (Å²) >= 11 is 5.94. The van der Waals surface area contributed by atoms with Gasteiger partial charge in [-0.25, -0.2) is 0 Å². The lowest BCUT2D eigenvalue weighted by atomic mass is 9.98. The van der Waals surface area contributed by atoms with Gasteiger partial charge in [-0.1, -0.05) is 15.9 Å². The third-order valence-electron chi connectivity index (χ3n) is 2.87. The van der Waals surface area contributed by atoms with Crippen molar-refractivity contribution in [2.75, 3.05) is 0 Å². The minimum Gasteiger partial charge on any atom is -0.328 e. The highest BCUT2D eigenvalue weighted by molar-refractivity contribution is 14.1. The first-order chi connectivity index (χ1) is 6.66. The van der Waals surface area contributed by atoms with Gasteiger partial charge in [-0.3, -0.25) is 0 Å². The van der Waals surface area contributed by atoms with Crippen LogP contribution in [0.4, 0.5) is 0 Å². The maximum atomic E-state index is 5.94. The second-order valence-electron chi connectivity index (χ2n) is 3.94. The van der Waals surface area contributed by atoms with Crippen LogP contribution in [-0.4, -0.2) is 6.04 Å². The fourth-order valence-corrected chi connectivity index (χ4v) is 3.28. The quantitative estimate of drug-likeness (QED) is 0.755. The van der Waals surface area contributed by atoms with E-state index in [1.54, 1.807) is 0 Å². The van der Waals surface area contributed by atoms with Crippen LogP contribution in [0.25, 0.3) is 0 Å². The molecule has 1 saturated carbocycles. The van der Waals surface area contributed by atoms with Crippen molar-refractivity contribution in [1.29, 1.82) is 0 Å². The lowest BCUT2D eigenvalue weighted by Crippen LogP contribution is -2.14. The van der Waals surface area contributed by atoms with E-state index in [0.29, 0.717) is 12.0 Å². The number of nitrogens with two attached hydrogens (primary N) is 1. The van der Waals surface area contributed by atoms with Gasteiger partial charge in [-0.05, 0) is 71.5 Å². The molecule has 0 bridgehead atoms. The minimum absolute atomic E-state index is 0.412. The molecule has 3 heteroatoms. The van der Waals surface area contributed by atoms with Gasteiger partial charge < -0.3 is 5.73 Å². The van der Waals surface area contributed by atoms with E-state index in [2.05, 4.69) is 56.7 Å². The van der Waals surface area contributed by atoms with Gasteiger partial charge in [0, 0.05) is 14.1 Å². The summed E-state index contributed by atoms with van der Waals surface area (Å²) in [5.41, 5.74) is 7.40. The van der Waals surface area contributed by atoms with Crippen molar-refractivity contribution in [3.63, 3.8) is 0 Å². The standard InChI is InChI=1S/C11H13BrIN/c12-8-2-4-11(13)10(6-8)7-1-3-9(14)5-7/h2,4,6-7,9H,1,3,5,14H2. The van der Waals surface area contributed by atoms with Crippen LogP contribution < -0.4 is 5.73 Å². The molecule has 2 atom stereocenters. The molecule has 14 heavy (non-hydrogen) atoms. The minimum atomic E-state index is 0.412. The van der Waals surface area contributed by atoms with Gasteiger partial charge in [0.25, 0.3) is 0 Å². The zero-order valence-electron chi connectivity index (χ0n) is 7.84. The zero-order valence-corrected chi connectivity index (χ0v) is 11.6. The van der Waals surface area contributed by atoms with Crippen LogP contribution in [0.1, 0.15) is 30.7 Å². The van der Waals surface area contributed by atoms with Crippen LogP contribution in [0.5, 0.6) is 0 Å². The molecule has 2 rings (SSSR count). The first kappa shape index (κ1) is 10.9. The normalized spacial score (nSPS) is 26.8. The largest absolute Gasteiger partial charge is 0.328 e. The second-order valence-corrected chi connectivity index (χ2v) is 6.01. The topological polar surface area (TPSA) is 26.0 Å². The second kappa shape index (κ2) is 4.49. The first-order valence-corrected chi connectivity index (χ1v) is 6.74. The molecule has 1 aromatic carbocycles. The predicted octanol–water partition coefficient (Wildman–Crippen LogP) is 3.65. The number of benzene rings is 1. The number of rotatable bonds is 1. The molecule has 0 heterocycles. The van der Waals surface area contributed by atoms with E-state index in [-0.39, 0.29) is 0 Å². The Morgan fingerprint density at radius 2 is 2.14 bits per heavy atom. The summed E-state index contributed by atoms with van der Waals surface area (Å²) in [6.45, 7) is 0.